The van der Waals surface area contributed by atoms with Gasteiger partial charge in [0.2, 0.25) is 0 Å². The summed E-state index contributed by atoms with van der Waals surface area (Å²) in [6.07, 6.45) is 7.68. The number of carbonyl (C=O) groups excluding carboxylic acids is 2. The number of nitrogens with one attached hydrogen (secondary N) is 2. The van der Waals surface area contributed by atoms with Gasteiger partial charge >= 0.3 is 6.03 Å². The molecule has 5 rings (SSSR count). The quantitative estimate of drug-likeness (QED) is 0.317. The van der Waals surface area contributed by atoms with E-state index in [0.717, 1.165) is 31.2 Å². The summed E-state index contributed by atoms with van der Waals surface area (Å²) in [4.78, 5) is 34.5. The molecular formula is C26H25ClN6O2. The normalized spacial score (nSPS) is 13.7. The van der Waals surface area contributed by atoms with Crippen LogP contribution in [0.3, 0.4) is 0 Å². The molecule has 2 amide bonds. The van der Waals surface area contributed by atoms with Crippen molar-refractivity contribution >= 4 is 46.0 Å². The van der Waals surface area contributed by atoms with Crippen molar-refractivity contribution in [2.24, 2.45) is 0 Å². The fourth-order valence-electron chi connectivity index (χ4n) is 4.63. The fraction of sp³-hybridized carbons (Fsp3) is 0.231. The van der Waals surface area contributed by atoms with Crippen molar-refractivity contribution in [3.8, 4) is 0 Å². The number of urea groups is 1. The number of anilines is 2. The number of carbonyl (C=O) groups is 2. The van der Waals surface area contributed by atoms with E-state index in [-0.39, 0.29) is 18.1 Å². The molecule has 4 N–H and O–H groups in total. The molecule has 9 heteroatoms. The van der Waals surface area contributed by atoms with E-state index in [1.165, 1.54) is 6.33 Å². The van der Waals surface area contributed by atoms with Gasteiger partial charge in [0.05, 0.1) is 10.9 Å². The van der Waals surface area contributed by atoms with Gasteiger partial charge in [-0.2, -0.15) is 0 Å². The summed E-state index contributed by atoms with van der Waals surface area (Å²) in [7, 11) is 0. The third-order valence-corrected chi connectivity index (χ3v) is 6.75. The highest BCUT2D eigenvalue weighted by atomic mass is 35.5. The molecule has 178 valence electrons. The molecule has 0 radical (unpaired) electrons. The summed E-state index contributed by atoms with van der Waals surface area (Å²) >= 11 is 6.15. The Morgan fingerprint density at radius 3 is 2.69 bits per heavy atom. The summed E-state index contributed by atoms with van der Waals surface area (Å²) in [5, 5.41) is 6.71. The number of rotatable bonds is 6. The number of nitrogens with two attached hydrogens (primary N) is 1. The lowest BCUT2D eigenvalue weighted by Crippen LogP contribution is -2.28. The first-order valence-corrected chi connectivity index (χ1v) is 11.9. The highest BCUT2D eigenvalue weighted by Gasteiger charge is 2.25. The second-order valence-electron chi connectivity index (χ2n) is 8.65. The lowest BCUT2D eigenvalue weighted by Gasteiger charge is -2.12. The summed E-state index contributed by atoms with van der Waals surface area (Å²) in [5.74, 6) is 0.0803. The first kappa shape index (κ1) is 22.9. The smallest absolute Gasteiger partial charge is 0.319 e. The molecule has 0 unspecified atom stereocenters. The number of halogens is 1. The Labute approximate surface area is 207 Å². The van der Waals surface area contributed by atoms with E-state index < -0.39 is 6.03 Å². The standard InChI is InChI=1S/C26H25ClN6O2/c27-21-11-4-1-6-17(21)13-29-26(35)32-18-8-5-7-16(12-18)23(34)20-14-33(19-9-2-3-10-19)25-22(20)24(28)30-15-31-25/h1,4-8,11-12,14-15,19H,2-3,9-10,13H2,(H2,28,30,31)(H2,29,32,35). The second-order valence-corrected chi connectivity index (χ2v) is 9.06. The van der Waals surface area contributed by atoms with Crippen LogP contribution < -0.4 is 16.4 Å². The average molecular weight is 489 g/mol. The summed E-state index contributed by atoms with van der Waals surface area (Å²) < 4.78 is 2.07. The zero-order valence-electron chi connectivity index (χ0n) is 19.0. The second kappa shape index (κ2) is 9.76. The Morgan fingerprint density at radius 1 is 1.09 bits per heavy atom. The number of nitrogen functional groups attached to an aromatic ring is 1. The molecule has 8 nitrogen and oxygen atoms in total. The molecule has 0 atom stereocenters. The van der Waals surface area contributed by atoms with Gasteiger partial charge in [-0.05, 0) is 36.6 Å². The van der Waals surface area contributed by atoms with Crippen molar-refractivity contribution in [3.63, 3.8) is 0 Å². The van der Waals surface area contributed by atoms with Crippen LogP contribution >= 0.6 is 11.6 Å². The predicted octanol–water partition coefficient (Wildman–Crippen LogP) is 5.33. The van der Waals surface area contributed by atoms with Crippen molar-refractivity contribution in [1.29, 1.82) is 0 Å². The Bertz CT molecular complexity index is 1410. The molecule has 35 heavy (non-hydrogen) atoms. The Morgan fingerprint density at radius 2 is 1.89 bits per heavy atom. The minimum absolute atomic E-state index is 0.201. The van der Waals surface area contributed by atoms with E-state index in [1.54, 1.807) is 30.3 Å². The average Bonchev–Trinajstić information content (AvgIpc) is 3.52. The van der Waals surface area contributed by atoms with Gasteiger partial charge in [-0.3, -0.25) is 4.79 Å². The molecule has 1 saturated carbocycles. The minimum atomic E-state index is -0.398. The van der Waals surface area contributed by atoms with Gasteiger partial charge in [0.15, 0.2) is 5.78 Å². The van der Waals surface area contributed by atoms with Crippen molar-refractivity contribution in [1.82, 2.24) is 19.9 Å². The van der Waals surface area contributed by atoms with Crippen LogP contribution in [0.25, 0.3) is 11.0 Å². The van der Waals surface area contributed by atoms with Gasteiger partial charge in [0.1, 0.15) is 17.8 Å². The van der Waals surface area contributed by atoms with Gasteiger partial charge in [0, 0.05) is 35.1 Å². The van der Waals surface area contributed by atoms with E-state index >= 15 is 0 Å². The third kappa shape index (κ3) is 4.70. The molecule has 0 spiro atoms. The molecule has 2 aromatic carbocycles. The van der Waals surface area contributed by atoms with E-state index in [1.807, 2.05) is 24.4 Å². The topological polar surface area (TPSA) is 115 Å². The summed E-state index contributed by atoms with van der Waals surface area (Å²) in [6, 6.07) is 14.0. The van der Waals surface area contributed by atoms with E-state index in [4.69, 9.17) is 17.3 Å². The van der Waals surface area contributed by atoms with Crippen molar-refractivity contribution < 1.29 is 9.59 Å². The fourth-order valence-corrected chi connectivity index (χ4v) is 4.83. The monoisotopic (exact) mass is 488 g/mol. The van der Waals surface area contributed by atoms with Crippen LogP contribution in [0.4, 0.5) is 16.3 Å². The first-order valence-electron chi connectivity index (χ1n) is 11.6. The van der Waals surface area contributed by atoms with Crippen LogP contribution in [0, 0.1) is 0 Å². The number of ketones is 1. The highest BCUT2D eigenvalue weighted by molar-refractivity contribution is 6.31. The van der Waals surface area contributed by atoms with Crippen molar-refractivity contribution in [3.05, 3.63) is 82.8 Å². The van der Waals surface area contributed by atoms with Crippen LogP contribution in [0.1, 0.15) is 53.2 Å². The molecule has 0 bridgehead atoms. The van der Waals surface area contributed by atoms with Crippen molar-refractivity contribution in [2.45, 2.75) is 38.3 Å². The number of hydrogen-bond acceptors (Lipinski definition) is 5. The van der Waals surface area contributed by atoms with Gasteiger partial charge in [-0.15, -0.1) is 0 Å². The minimum Gasteiger partial charge on any atom is -0.383 e. The van der Waals surface area contributed by atoms with Crippen LogP contribution in [-0.4, -0.2) is 26.3 Å². The number of aromatic nitrogens is 3. The van der Waals surface area contributed by atoms with E-state index in [0.29, 0.717) is 38.9 Å². The molecule has 1 aliphatic carbocycles. The maximum absolute atomic E-state index is 13.6. The van der Waals surface area contributed by atoms with Crippen LogP contribution in [0.15, 0.2) is 61.1 Å². The Hall–Kier alpha value is -3.91. The lowest BCUT2D eigenvalue weighted by molar-refractivity contribution is 0.104. The maximum atomic E-state index is 13.6. The van der Waals surface area contributed by atoms with Crippen LogP contribution in [0.2, 0.25) is 5.02 Å². The van der Waals surface area contributed by atoms with Crippen LogP contribution in [0.5, 0.6) is 0 Å². The predicted molar refractivity (Wildman–Crippen MR) is 137 cm³/mol. The highest BCUT2D eigenvalue weighted by Crippen LogP contribution is 2.35. The number of hydrogen-bond donors (Lipinski definition) is 3. The molecule has 4 aromatic rings. The van der Waals surface area contributed by atoms with Crippen molar-refractivity contribution in [2.75, 3.05) is 11.1 Å². The molecular weight excluding hydrogens is 464 g/mol. The largest absolute Gasteiger partial charge is 0.383 e. The van der Waals surface area contributed by atoms with Gasteiger partial charge in [-0.25, -0.2) is 14.8 Å². The lowest BCUT2D eigenvalue weighted by atomic mass is 10.0. The summed E-state index contributed by atoms with van der Waals surface area (Å²) in [6.45, 7) is 0.282. The Balaban J connectivity index is 1.37. The van der Waals surface area contributed by atoms with E-state index in [9.17, 15) is 9.59 Å². The molecule has 1 fully saturated rings. The zero-order valence-corrected chi connectivity index (χ0v) is 19.8. The van der Waals surface area contributed by atoms with Gasteiger partial charge in [0.25, 0.3) is 0 Å². The molecule has 2 heterocycles. The zero-order chi connectivity index (χ0) is 24.4. The molecule has 0 saturated heterocycles. The van der Waals surface area contributed by atoms with Crippen LogP contribution in [-0.2, 0) is 6.54 Å². The first-order chi connectivity index (χ1) is 17.0. The molecule has 2 aromatic heterocycles. The van der Waals surface area contributed by atoms with Gasteiger partial charge in [-0.1, -0.05) is 54.8 Å². The third-order valence-electron chi connectivity index (χ3n) is 6.38. The van der Waals surface area contributed by atoms with Gasteiger partial charge < -0.3 is 20.9 Å². The number of amides is 2. The molecule has 0 aliphatic heterocycles. The maximum Gasteiger partial charge on any atom is 0.319 e. The summed E-state index contributed by atoms with van der Waals surface area (Å²) in [5.41, 5.74) is 9.07. The Kier molecular flexibility index (Phi) is 6.37. The number of benzene rings is 2. The molecule has 1 aliphatic rings. The number of fused-ring (bicyclic) bond motifs is 1. The van der Waals surface area contributed by atoms with E-state index in [2.05, 4.69) is 25.2 Å². The number of nitrogens with zero attached hydrogens (tertiary/aromatic N) is 3. The SMILES string of the molecule is Nc1ncnc2c1c(C(=O)c1cccc(NC(=O)NCc3ccccc3Cl)c1)cn2C1CCCC1.